The third kappa shape index (κ3) is 4.84. The molecule has 0 saturated carbocycles. The first kappa shape index (κ1) is 19.8. The fraction of sp³-hybridized carbons (Fsp3) is 0.409. The zero-order chi connectivity index (χ0) is 20.1. The Morgan fingerprint density at radius 1 is 1.25 bits per heavy atom. The van der Waals surface area contributed by atoms with Crippen molar-refractivity contribution in [2.75, 3.05) is 11.4 Å². The molecule has 146 valence electrons. The number of fused-ring (bicyclic) bond motifs is 1. The highest BCUT2D eigenvalue weighted by atomic mass is 16.6. The van der Waals surface area contributed by atoms with Crippen molar-refractivity contribution in [3.8, 4) is 0 Å². The first-order chi connectivity index (χ1) is 13.4. The Morgan fingerprint density at radius 2 is 2.00 bits per heavy atom. The maximum absolute atomic E-state index is 12.7. The van der Waals surface area contributed by atoms with E-state index >= 15 is 0 Å². The fourth-order valence-corrected chi connectivity index (χ4v) is 3.51. The van der Waals surface area contributed by atoms with E-state index in [1.807, 2.05) is 36.4 Å². The predicted octanol–water partition coefficient (Wildman–Crippen LogP) is 6.31. The number of ether oxygens (including phenoxy) is 1. The Balaban J connectivity index is 1.86. The number of carbonyl (C=O) groups excluding carboxylic acids is 1. The molecule has 0 atom stereocenters. The van der Waals surface area contributed by atoms with Gasteiger partial charge in [-0.25, -0.2) is 4.79 Å². The summed E-state index contributed by atoms with van der Waals surface area (Å²) in [5.74, 6) is 0. The Morgan fingerprint density at radius 3 is 2.68 bits per heavy atom. The van der Waals surface area contributed by atoms with Crippen molar-refractivity contribution >= 4 is 17.5 Å². The van der Waals surface area contributed by atoms with Crippen LogP contribution in [0.25, 0.3) is 10.4 Å². The number of benzene rings is 2. The van der Waals surface area contributed by atoms with E-state index in [9.17, 15) is 4.79 Å². The molecule has 0 fully saturated rings. The van der Waals surface area contributed by atoms with E-state index in [1.54, 1.807) is 4.90 Å². The number of azide groups is 1. The molecule has 28 heavy (non-hydrogen) atoms. The molecule has 1 heterocycles. The third-order valence-electron chi connectivity index (χ3n) is 4.70. The van der Waals surface area contributed by atoms with Crippen LogP contribution in [0.1, 0.15) is 43.9 Å². The average Bonchev–Trinajstić information content (AvgIpc) is 2.66. The largest absolute Gasteiger partial charge is 0.444 e. The van der Waals surface area contributed by atoms with Crippen molar-refractivity contribution < 1.29 is 9.53 Å². The first-order valence-corrected chi connectivity index (χ1v) is 9.56. The molecule has 0 unspecified atom stereocenters. The maximum Gasteiger partial charge on any atom is 0.414 e. The second-order valence-corrected chi connectivity index (χ2v) is 8.33. The van der Waals surface area contributed by atoms with Gasteiger partial charge in [-0.15, -0.1) is 0 Å². The molecule has 3 rings (SSSR count). The van der Waals surface area contributed by atoms with Gasteiger partial charge >= 0.3 is 6.09 Å². The summed E-state index contributed by atoms with van der Waals surface area (Å²) < 4.78 is 5.52. The molecule has 0 aliphatic carbocycles. The molecule has 0 radical (unpaired) electrons. The lowest BCUT2D eigenvalue weighted by Crippen LogP contribution is -2.36. The van der Waals surface area contributed by atoms with Gasteiger partial charge in [0.05, 0.1) is 5.69 Å². The summed E-state index contributed by atoms with van der Waals surface area (Å²) in [6.45, 7) is 7.28. The predicted molar refractivity (Wildman–Crippen MR) is 111 cm³/mol. The van der Waals surface area contributed by atoms with Crippen molar-refractivity contribution in [2.45, 2.75) is 46.6 Å². The molecule has 1 aliphatic heterocycles. The summed E-state index contributed by atoms with van der Waals surface area (Å²) in [6.07, 6.45) is 2.20. The Bertz CT molecular complexity index is 897. The second-order valence-electron chi connectivity index (χ2n) is 8.33. The number of aryl methyl sites for hydroxylation is 1. The third-order valence-corrected chi connectivity index (χ3v) is 4.70. The molecule has 6 nitrogen and oxygen atoms in total. The summed E-state index contributed by atoms with van der Waals surface area (Å²) in [7, 11) is 0. The Labute approximate surface area is 165 Å². The summed E-state index contributed by atoms with van der Waals surface area (Å²) in [4.78, 5) is 17.4. The highest BCUT2D eigenvalue weighted by Gasteiger charge is 2.26. The maximum atomic E-state index is 12.7. The normalized spacial score (nSPS) is 13.5. The minimum Gasteiger partial charge on any atom is -0.444 e. The number of hydrogen-bond acceptors (Lipinski definition) is 3. The standard InChI is InChI=1S/C22H26N4O2/c1-22(2,3)14-18-12-17-10-7-11-26(20(17)13-19(18)24-25-23)21(27)28-15-16-8-5-4-6-9-16/h4-6,8-9,12-13H,7,10-11,14-15H2,1-3H3. The van der Waals surface area contributed by atoms with Crippen molar-refractivity contribution in [1.29, 1.82) is 0 Å². The van der Waals surface area contributed by atoms with Gasteiger partial charge in [0.1, 0.15) is 6.61 Å². The summed E-state index contributed by atoms with van der Waals surface area (Å²) in [5.41, 5.74) is 13.5. The van der Waals surface area contributed by atoms with E-state index in [-0.39, 0.29) is 18.1 Å². The summed E-state index contributed by atoms with van der Waals surface area (Å²) in [6, 6.07) is 13.5. The summed E-state index contributed by atoms with van der Waals surface area (Å²) >= 11 is 0. The Hall–Kier alpha value is -2.98. The van der Waals surface area contributed by atoms with Gasteiger partial charge in [-0.3, -0.25) is 4.90 Å². The first-order valence-electron chi connectivity index (χ1n) is 9.56. The van der Waals surface area contributed by atoms with E-state index in [2.05, 4.69) is 36.9 Å². The molecule has 0 aromatic heterocycles. The van der Waals surface area contributed by atoms with Crippen LogP contribution in [0.5, 0.6) is 0 Å². The van der Waals surface area contributed by atoms with Crippen molar-refractivity contribution in [1.82, 2.24) is 0 Å². The van der Waals surface area contributed by atoms with Gasteiger partial charge in [-0.05, 0) is 53.0 Å². The lowest BCUT2D eigenvalue weighted by atomic mass is 9.86. The molecular formula is C22H26N4O2. The van der Waals surface area contributed by atoms with Crippen LogP contribution in [-0.4, -0.2) is 12.6 Å². The molecular weight excluding hydrogens is 352 g/mol. The van der Waals surface area contributed by atoms with Crippen molar-refractivity contribution in [3.63, 3.8) is 0 Å². The fourth-order valence-electron chi connectivity index (χ4n) is 3.51. The molecule has 0 spiro atoms. The number of nitrogens with zero attached hydrogens (tertiary/aromatic N) is 4. The van der Waals surface area contributed by atoms with Crippen LogP contribution < -0.4 is 4.90 Å². The molecule has 0 bridgehead atoms. The smallest absolute Gasteiger partial charge is 0.414 e. The SMILES string of the molecule is CC(C)(C)Cc1cc2c(cc1N=[N+]=[N-])N(C(=O)OCc1ccccc1)CCC2. The zero-order valence-corrected chi connectivity index (χ0v) is 16.7. The molecule has 6 heteroatoms. The minimum absolute atomic E-state index is 0.0664. The van der Waals surface area contributed by atoms with E-state index in [1.165, 1.54) is 0 Å². The van der Waals surface area contributed by atoms with Crippen LogP contribution in [0.15, 0.2) is 47.6 Å². The van der Waals surface area contributed by atoms with Crippen LogP contribution in [0.3, 0.4) is 0 Å². The number of anilines is 1. The van der Waals surface area contributed by atoms with Crippen LogP contribution in [0.4, 0.5) is 16.2 Å². The molecule has 2 aromatic rings. The Kier molecular flexibility index (Phi) is 5.90. The van der Waals surface area contributed by atoms with Gasteiger partial charge < -0.3 is 4.74 Å². The molecule has 2 aromatic carbocycles. The van der Waals surface area contributed by atoms with Gasteiger partial charge in [-0.2, -0.15) is 0 Å². The van der Waals surface area contributed by atoms with Gasteiger partial charge in [-0.1, -0.05) is 62.3 Å². The van der Waals surface area contributed by atoms with Crippen LogP contribution in [0.2, 0.25) is 0 Å². The lowest BCUT2D eigenvalue weighted by molar-refractivity contribution is 0.146. The average molecular weight is 378 g/mol. The van der Waals surface area contributed by atoms with Crippen LogP contribution in [0, 0.1) is 5.41 Å². The van der Waals surface area contributed by atoms with E-state index in [0.29, 0.717) is 12.2 Å². The van der Waals surface area contributed by atoms with Gasteiger partial charge in [0.2, 0.25) is 0 Å². The number of amides is 1. The van der Waals surface area contributed by atoms with E-state index in [0.717, 1.165) is 41.6 Å². The van der Waals surface area contributed by atoms with Crippen molar-refractivity contribution in [2.24, 2.45) is 10.5 Å². The number of hydrogen-bond donors (Lipinski definition) is 0. The van der Waals surface area contributed by atoms with Crippen molar-refractivity contribution in [3.05, 3.63) is 69.6 Å². The zero-order valence-electron chi connectivity index (χ0n) is 16.7. The molecule has 1 aliphatic rings. The van der Waals surface area contributed by atoms with Gasteiger partial charge in [0.25, 0.3) is 0 Å². The van der Waals surface area contributed by atoms with Gasteiger partial charge in [0, 0.05) is 17.1 Å². The van der Waals surface area contributed by atoms with E-state index < -0.39 is 0 Å². The monoisotopic (exact) mass is 378 g/mol. The minimum atomic E-state index is -0.375. The molecule has 0 N–H and O–H groups in total. The summed E-state index contributed by atoms with van der Waals surface area (Å²) in [5, 5.41) is 3.89. The number of rotatable bonds is 4. The highest BCUT2D eigenvalue weighted by molar-refractivity contribution is 5.90. The van der Waals surface area contributed by atoms with E-state index in [4.69, 9.17) is 10.3 Å². The van der Waals surface area contributed by atoms with Crippen LogP contribution in [-0.2, 0) is 24.2 Å². The molecule has 1 amide bonds. The quantitative estimate of drug-likeness (QED) is 0.355. The van der Waals surface area contributed by atoms with Crippen LogP contribution >= 0.6 is 0 Å². The second kappa shape index (κ2) is 8.36. The highest BCUT2D eigenvalue weighted by Crippen LogP contribution is 2.37. The molecule has 0 saturated heterocycles. The van der Waals surface area contributed by atoms with Gasteiger partial charge in [0.15, 0.2) is 0 Å². The lowest BCUT2D eigenvalue weighted by Gasteiger charge is -2.30. The number of carbonyl (C=O) groups is 1. The topological polar surface area (TPSA) is 78.3 Å².